The van der Waals surface area contributed by atoms with Gasteiger partial charge >= 0.3 is 0 Å². The highest BCUT2D eigenvalue weighted by Gasteiger charge is 2.15. The maximum Gasteiger partial charge on any atom is 0.160 e. The Morgan fingerprint density at radius 3 is 2.39 bits per heavy atom. The topological polar surface area (TPSA) is 38.9 Å². The van der Waals surface area contributed by atoms with Gasteiger partial charge in [0.05, 0.1) is 12.0 Å². The molecule has 0 aliphatic carbocycles. The molecule has 6 aromatic rings. The lowest BCUT2D eigenvalue weighted by atomic mass is 9.85. The van der Waals surface area contributed by atoms with E-state index >= 15 is 0 Å². The largest absolute Gasteiger partial charge is 0.462 e. The molecule has 3 nitrogen and oxygen atoms in total. The van der Waals surface area contributed by atoms with Crippen LogP contribution in [-0.4, -0.2) is 9.97 Å². The molecule has 0 N–H and O–H groups in total. The van der Waals surface area contributed by atoms with Crippen LogP contribution in [0.3, 0.4) is 0 Å². The average Bonchev–Trinajstić information content (AvgIpc) is 3.31. The fraction of sp³-hybridized carbons (Fsp3) is 0.133. The Balaban J connectivity index is 1.48. The molecule has 3 heteroatoms. The van der Waals surface area contributed by atoms with Gasteiger partial charge in [-0.15, -0.1) is 0 Å². The van der Waals surface area contributed by atoms with Crippen LogP contribution >= 0.6 is 0 Å². The zero-order valence-electron chi connectivity index (χ0n) is 19.0. The normalized spacial score (nSPS) is 12.1. The predicted molar refractivity (Wildman–Crippen MR) is 136 cm³/mol. The van der Waals surface area contributed by atoms with Gasteiger partial charge in [0.1, 0.15) is 5.52 Å². The number of fused-ring (bicyclic) bond motifs is 4. The van der Waals surface area contributed by atoms with Crippen LogP contribution in [0.5, 0.6) is 0 Å². The maximum absolute atomic E-state index is 5.70. The molecule has 0 amide bonds. The quantitative estimate of drug-likeness (QED) is 0.279. The lowest BCUT2D eigenvalue weighted by Crippen LogP contribution is -2.10. The van der Waals surface area contributed by atoms with E-state index < -0.39 is 0 Å². The monoisotopic (exact) mass is 428 g/mol. The number of aromatic nitrogens is 2. The van der Waals surface area contributed by atoms with Gasteiger partial charge in [-0.1, -0.05) is 57.2 Å². The van der Waals surface area contributed by atoms with E-state index in [4.69, 9.17) is 9.40 Å². The summed E-state index contributed by atoms with van der Waals surface area (Å²) >= 11 is 0. The standard InChI is InChI=1S/C30H24N2O/c1-30(2,3)24-9-8-20-15-19(6-7-21(20)16-24)22-10-13-31-27(18-22)26-17-23-11-14-33-29(23)28-25(26)5-4-12-32-28/h4-18H,1-3H3. The summed E-state index contributed by atoms with van der Waals surface area (Å²) in [4.78, 5) is 9.30. The third kappa shape index (κ3) is 3.37. The lowest BCUT2D eigenvalue weighted by molar-refractivity contribution is 0.591. The van der Waals surface area contributed by atoms with Crippen LogP contribution in [0.1, 0.15) is 26.3 Å². The Hall–Kier alpha value is -3.98. The molecule has 3 aromatic carbocycles. The van der Waals surface area contributed by atoms with Crippen molar-refractivity contribution < 1.29 is 4.42 Å². The van der Waals surface area contributed by atoms with Crippen LogP contribution in [0.25, 0.3) is 55.0 Å². The highest BCUT2D eigenvalue weighted by atomic mass is 16.3. The molecule has 33 heavy (non-hydrogen) atoms. The fourth-order valence-corrected chi connectivity index (χ4v) is 4.52. The van der Waals surface area contributed by atoms with Gasteiger partial charge in [0.25, 0.3) is 0 Å². The number of furan rings is 1. The summed E-state index contributed by atoms with van der Waals surface area (Å²) in [7, 11) is 0. The summed E-state index contributed by atoms with van der Waals surface area (Å²) in [6.45, 7) is 6.75. The summed E-state index contributed by atoms with van der Waals surface area (Å²) in [6.07, 6.45) is 5.41. The van der Waals surface area contributed by atoms with Crippen molar-refractivity contribution >= 4 is 32.6 Å². The maximum atomic E-state index is 5.70. The SMILES string of the molecule is CC(C)(C)c1ccc2cc(-c3ccnc(-c4cc5ccoc5c5ncccc45)c3)ccc2c1. The third-order valence-corrected chi connectivity index (χ3v) is 6.38. The summed E-state index contributed by atoms with van der Waals surface area (Å²) in [6, 6.07) is 25.9. The number of pyridine rings is 2. The van der Waals surface area contributed by atoms with E-state index in [2.05, 4.69) is 86.4 Å². The molecule has 0 saturated carbocycles. The smallest absolute Gasteiger partial charge is 0.160 e. The van der Waals surface area contributed by atoms with Gasteiger partial charge in [0.15, 0.2) is 5.58 Å². The van der Waals surface area contributed by atoms with E-state index in [1.165, 1.54) is 21.9 Å². The molecule has 0 atom stereocenters. The third-order valence-electron chi connectivity index (χ3n) is 6.38. The van der Waals surface area contributed by atoms with Crippen LogP contribution in [0.15, 0.2) is 95.9 Å². The van der Waals surface area contributed by atoms with Crippen LogP contribution in [-0.2, 0) is 5.41 Å². The van der Waals surface area contributed by atoms with Crippen LogP contribution in [0.2, 0.25) is 0 Å². The fourth-order valence-electron chi connectivity index (χ4n) is 4.52. The zero-order valence-corrected chi connectivity index (χ0v) is 19.0. The highest BCUT2D eigenvalue weighted by Crippen LogP contribution is 2.35. The molecule has 0 unspecified atom stereocenters. The van der Waals surface area contributed by atoms with Crippen LogP contribution in [0.4, 0.5) is 0 Å². The Kier molecular flexibility index (Phi) is 4.34. The molecule has 0 spiro atoms. The second kappa shape index (κ2) is 7.28. The van der Waals surface area contributed by atoms with Crippen molar-refractivity contribution in [3.8, 4) is 22.4 Å². The van der Waals surface area contributed by atoms with E-state index in [-0.39, 0.29) is 5.41 Å². The summed E-state index contributed by atoms with van der Waals surface area (Å²) in [5.74, 6) is 0. The van der Waals surface area contributed by atoms with E-state index in [1.54, 1.807) is 12.5 Å². The van der Waals surface area contributed by atoms with Crippen LogP contribution in [0, 0.1) is 0 Å². The molecule has 0 aliphatic heterocycles. The van der Waals surface area contributed by atoms with Crippen molar-refractivity contribution in [2.24, 2.45) is 0 Å². The van der Waals surface area contributed by atoms with Crippen molar-refractivity contribution in [2.45, 2.75) is 26.2 Å². The van der Waals surface area contributed by atoms with Gasteiger partial charge in [-0.05, 0) is 69.3 Å². The zero-order chi connectivity index (χ0) is 22.6. The van der Waals surface area contributed by atoms with Gasteiger partial charge < -0.3 is 4.42 Å². The van der Waals surface area contributed by atoms with Crippen LogP contribution < -0.4 is 0 Å². The molecule has 3 aromatic heterocycles. The van der Waals surface area contributed by atoms with Gasteiger partial charge in [0, 0.05) is 28.7 Å². The summed E-state index contributed by atoms with van der Waals surface area (Å²) in [5.41, 5.74) is 7.48. The number of hydrogen-bond donors (Lipinski definition) is 0. The van der Waals surface area contributed by atoms with E-state index in [9.17, 15) is 0 Å². The second-order valence-corrected chi connectivity index (χ2v) is 9.62. The first-order valence-electron chi connectivity index (χ1n) is 11.2. The first kappa shape index (κ1) is 19.7. The van der Waals surface area contributed by atoms with Gasteiger partial charge in [-0.3, -0.25) is 9.97 Å². The first-order valence-corrected chi connectivity index (χ1v) is 11.2. The minimum atomic E-state index is 0.139. The first-order chi connectivity index (χ1) is 16.0. The summed E-state index contributed by atoms with van der Waals surface area (Å²) < 4.78 is 5.70. The van der Waals surface area contributed by atoms with Crippen molar-refractivity contribution in [3.05, 3.63) is 97.0 Å². The van der Waals surface area contributed by atoms with Crippen molar-refractivity contribution in [2.75, 3.05) is 0 Å². The highest BCUT2D eigenvalue weighted by molar-refractivity contribution is 6.09. The number of benzene rings is 3. The Bertz CT molecular complexity index is 1650. The molecule has 0 bridgehead atoms. The predicted octanol–water partition coefficient (Wildman–Crippen LogP) is 8.16. The van der Waals surface area contributed by atoms with Crippen molar-refractivity contribution in [1.29, 1.82) is 0 Å². The molecule has 6 rings (SSSR count). The molecule has 160 valence electrons. The molecule has 0 radical (unpaired) electrons. The Morgan fingerprint density at radius 2 is 1.52 bits per heavy atom. The van der Waals surface area contributed by atoms with Gasteiger partial charge in [0.2, 0.25) is 0 Å². The Labute approximate surface area is 192 Å². The molecule has 0 aliphatic rings. The minimum Gasteiger partial charge on any atom is -0.462 e. The van der Waals surface area contributed by atoms with Crippen molar-refractivity contribution in [1.82, 2.24) is 9.97 Å². The second-order valence-electron chi connectivity index (χ2n) is 9.62. The minimum absolute atomic E-state index is 0.139. The average molecular weight is 429 g/mol. The number of nitrogens with zero attached hydrogens (tertiary/aromatic N) is 2. The lowest BCUT2D eigenvalue weighted by Gasteiger charge is -2.19. The van der Waals surface area contributed by atoms with Crippen molar-refractivity contribution in [3.63, 3.8) is 0 Å². The molecule has 0 fully saturated rings. The molecule has 3 heterocycles. The van der Waals surface area contributed by atoms with Gasteiger partial charge in [-0.2, -0.15) is 0 Å². The van der Waals surface area contributed by atoms with E-state index in [0.717, 1.165) is 38.7 Å². The molecule has 0 saturated heterocycles. The molecular formula is C30H24N2O. The van der Waals surface area contributed by atoms with Gasteiger partial charge in [-0.25, -0.2) is 0 Å². The Morgan fingerprint density at radius 1 is 0.697 bits per heavy atom. The number of rotatable bonds is 2. The van der Waals surface area contributed by atoms with E-state index in [0.29, 0.717) is 0 Å². The number of hydrogen-bond acceptors (Lipinski definition) is 3. The summed E-state index contributed by atoms with van der Waals surface area (Å²) in [5, 5.41) is 4.58. The molecular weight excluding hydrogens is 404 g/mol. The van der Waals surface area contributed by atoms with E-state index in [1.807, 2.05) is 18.3 Å².